The summed E-state index contributed by atoms with van der Waals surface area (Å²) in [7, 11) is 0. The number of amides is 3. The van der Waals surface area contributed by atoms with Gasteiger partial charge in [0.2, 0.25) is 0 Å². The van der Waals surface area contributed by atoms with Crippen LogP contribution in [0.2, 0.25) is 0 Å². The number of carbonyl (C=O) groups excluding carboxylic acids is 2. The van der Waals surface area contributed by atoms with E-state index in [1.165, 1.54) is 6.07 Å². The molecule has 0 bridgehead atoms. The SMILES string of the molecule is Cc1cc(C(=O)Nc2ccc(NC(N)=O)cc2)c(C)n1-c1ccccc1F. The van der Waals surface area contributed by atoms with Crippen LogP contribution in [0, 0.1) is 19.7 Å². The lowest BCUT2D eigenvalue weighted by atomic mass is 10.2. The highest BCUT2D eigenvalue weighted by Crippen LogP contribution is 2.24. The van der Waals surface area contributed by atoms with Crippen LogP contribution in [0.1, 0.15) is 21.7 Å². The lowest BCUT2D eigenvalue weighted by molar-refractivity contribution is 0.102. The lowest BCUT2D eigenvalue weighted by Gasteiger charge is -2.11. The number of rotatable bonds is 4. The largest absolute Gasteiger partial charge is 0.351 e. The number of nitrogens with one attached hydrogen (secondary N) is 2. The van der Waals surface area contributed by atoms with Crippen molar-refractivity contribution < 1.29 is 14.0 Å². The van der Waals surface area contributed by atoms with Crippen LogP contribution in [0.5, 0.6) is 0 Å². The maximum atomic E-state index is 14.2. The molecule has 1 heterocycles. The van der Waals surface area contributed by atoms with E-state index in [1.54, 1.807) is 60.0 Å². The van der Waals surface area contributed by atoms with Crippen molar-refractivity contribution >= 4 is 23.3 Å². The van der Waals surface area contributed by atoms with E-state index < -0.39 is 6.03 Å². The molecule has 0 spiro atoms. The number of aromatic nitrogens is 1. The van der Waals surface area contributed by atoms with Gasteiger partial charge in [-0.1, -0.05) is 12.1 Å². The Bertz CT molecular complexity index is 1010. The van der Waals surface area contributed by atoms with Gasteiger partial charge in [-0.3, -0.25) is 4.79 Å². The molecule has 4 N–H and O–H groups in total. The molecule has 0 saturated heterocycles. The van der Waals surface area contributed by atoms with Crippen molar-refractivity contribution in [3.05, 3.63) is 77.4 Å². The quantitative estimate of drug-likeness (QED) is 0.652. The first-order valence-electron chi connectivity index (χ1n) is 8.28. The van der Waals surface area contributed by atoms with Crippen molar-refractivity contribution in [1.82, 2.24) is 4.57 Å². The summed E-state index contributed by atoms with van der Waals surface area (Å²) in [6, 6.07) is 14.0. The number of aryl methyl sites for hydroxylation is 1. The van der Waals surface area contributed by atoms with E-state index in [0.717, 1.165) is 5.69 Å². The Morgan fingerprint density at radius 1 is 0.963 bits per heavy atom. The Hall–Kier alpha value is -3.61. The number of hydrogen-bond donors (Lipinski definition) is 3. The number of para-hydroxylation sites is 1. The summed E-state index contributed by atoms with van der Waals surface area (Å²) < 4.78 is 15.9. The minimum Gasteiger partial charge on any atom is -0.351 e. The number of benzene rings is 2. The average Bonchev–Trinajstić information content (AvgIpc) is 2.91. The molecule has 0 unspecified atom stereocenters. The van der Waals surface area contributed by atoms with E-state index in [-0.39, 0.29) is 11.7 Å². The summed E-state index contributed by atoms with van der Waals surface area (Å²) in [6.07, 6.45) is 0. The van der Waals surface area contributed by atoms with E-state index in [4.69, 9.17) is 5.73 Å². The van der Waals surface area contributed by atoms with Crippen LogP contribution in [-0.4, -0.2) is 16.5 Å². The standard InChI is InChI=1S/C20H19FN4O2/c1-12-11-16(13(2)25(12)18-6-4-3-5-17(18)21)19(26)23-14-7-9-15(10-8-14)24-20(22)27/h3-11H,1-2H3,(H,23,26)(H3,22,24,27). The summed E-state index contributed by atoms with van der Waals surface area (Å²) in [6.45, 7) is 3.59. The number of nitrogens with zero attached hydrogens (tertiary/aromatic N) is 1. The molecule has 6 nitrogen and oxygen atoms in total. The molecular weight excluding hydrogens is 347 g/mol. The smallest absolute Gasteiger partial charge is 0.316 e. The van der Waals surface area contributed by atoms with Crippen molar-refractivity contribution in [1.29, 1.82) is 0 Å². The third-order valence-corrected chi connectivity index (χ3v) is 4.18. The molecule has 3 aromatic rings. The molecule has 0 aliphatic rings. The van der Waals surface area contributed by atoms with Gasteiger partial charge in [0.15, 0.2) is 0 Å². The first kappa shape index (κ1) is 18.2. The highest BCUT2D eigenvalue weighted by molar-refractivity contribution is 6.05. The van der Waals surface area contributed by atoms with Gasteiger partial charge in [-0.15, -0.1) is 0 Å². The molecule has 2 aromatic carbocycles. The number of halogens is 1. The fourth-order valence-electron chi connectivity index (χ4n) is 2.97. The van der Waals surface area contributed by atoms with E-state index in [0.29, 0.717) is 28.3 Å². The van der Waals surface area contributed by atoms with E-state index in [1.807, 2.05) is 6.92 Å². The number of nitrogens with two attached hydrogens (primary N) is 1. The van der Waals surface area contributed by atoms with Gasteiger partial charge in [0.05, 0.1) is 11.3 Å². The van der Waals surface area contributed by atoms with E-state index >= 15 is 0 Å². The number of urea groups is 1. The fraction of sp³-hybridized carbons (Fsp3) is 0.100. The molecule has 0 aliphatic heterocycles. The Morgan fingerprint density at radius 3 is 2.15 bits per heavy atom. The Labute approximate surface area is 155 Å². The van der Waals surface area contributed by atoms with Gasteiger partial charge in [0.25, 0.3) is 5.91 Å². The molecule has 1 aromatic heterocycles. The average molecular weight is 366 g/mol. The maximum absolute atomic E-state index is 14.2. The molecular formula is C20H19FN4O2. The molecule has 3 rings (SSSR count). The Morgan fingerprint density at radius 2 is 1.56 bits per heavy atom. The predicted octanol–water partition coefficient (Wildman–Crippen LogP) is 3.98. The molecule has 0 atom stereocenters. The summed E-state index contributed by atoms with van der Waals surface area (Å²) in [4.78, 5) is 23.5. The topological polar surface area (TPSA) is 89.2 Å². The third kappa shape index (κ3) is 3.82. The second-order valence-corrected chi connectivity index (χ2v) is 6.09. The van der Waals surface area contributed by atoms with Gasteiger partial charge in [0, 0.05) is 22.8 Å². The van der Waals surface area contributed by atoms with Gasteiger partial charge in [-0.25, -0.2) is 9.18 Å². The van der Waals surface area contributed by atoms with Crippen LogP contribution in [-0.2, 0) is 0 Å². The maximum Gasteiger partial charge on any atom is 0.316 e. The Kier molecular flexibility index (Phi) is 4.94. The highest BCUT2D eigenvalue weighted by atomic mass is 19.1. The lowest BCUT2D eigenvalue weighted by Crippen LogP contribution is -2.19. The van der Waals surface area contributed by atoms with Crippen LogP contribution >= 0.6 is 0 Å². The fourth-order valence-corrected chi connectivity index (χ4v) is 2.97. The zero-order chi connectivity index (χ0) is 19.6. The summed E-state index contributed by atoms with van der Waals surface area (Å²) in [5.74, 6) is -0.662. The molecule has 0 saturated carbocycles. The van der Waals surface area contributed by atoms with Crippen LogP contribution in [0.4, 0.5) is 20.6 Å². The second-order valence-electron chi connectivity index (χ2n) is 6.09. The van der Waals surface area contributed by atoms with Gasteiger partial charge in [0.1, 0.15) is 5.82 Å². The zero-order valence-electron chi connectivity index (χ0n) is 14.9. The van der Waals surface area contributed by atoms with Gasteiger partial charge >= 0.3 is 6.03 Å². The van der Waals surface area contributed by atoms with Crippen LogP contribution in [0.15, 0.2) is 54.6 Å². The zero-order valence-corrected chi connectivity index (χ0v) is 14.9. The predicted molar refractivity (Wildman–Crippen MR) is 103 cm³/mol. The summed E-state index contributed by atoms with van der Waals surface area (Å²) in [5, 5.41) is 5.24. The Balaban J connectivity index is 1.85. The van der Waals surface area contributed by atoms with Crippen LogP contribution < -0.4 is 16.4 Å². The van der Waals surface area contributed by atoms with Crippen molar-refractivity contribution in [3.63, 3.8) is 0 Å². The van der Waals surface area contributed by atoms with E-state index in [9.17, 15) is 14.0 Å². The first-order valence-corrected chi connectivity index (χ1v) is 8.28. The molecule has 7 heteroatoms. The van der Waals surface area contributed by atoms with Crippen LogP contribution in [0.25, 0.3) is 5.69 Å². The second kappa shape index (κ2) is 7.33. The molecule has 0 radical (unpaired) electrons. The van der Waals surface area contributed by atoms with Crippen molar-refractivity contribution in [2.24, 2.45) is 5.73 Å². The normalized spacial score (nSPS) is 10.5. The van der Waals surface area contributed by atoms with Gasteiger partial charge in [-0.2, -0.15) is 0 Å². The minimum absolute atomic E-state index is 0.304. The van der Waals surface area contributed by atoms with Crippen LogP contribution in [0.3, 0.4) is 0 Å². The number of carbonyl (C=O) groups is 2. The van der Waals surface area contributed by atoms with E-state index in [2.05, 4.69) is 10.6 Å². The molecule has 0 aliphatic carbocycles. The number of anilines is 2. The van der Waals surface area contributed by atoms with Crippen molar-refractivity contribution in [3.8, 4) is 5.69 Å². The number of hydrogen-bond acceptors (Lipinski definition) is 2. The number of primary amides is 1. The third-order valence-electron chi connectivity index (χ3n) is 4.18. The van der Waals surface area contributed by atoms with Crippen molar-refractivity contribution in [2.75, 3.05) is 10.6 Å². The molecule has 27 heavy (non-hydrogen) atoms. The minimum atomic E-state index is -0.660. The first-order chi connectivity index (χ1) is 12.9. The summed E-state index contributed by atoms with van der Waals surface area (Å²) in [5.41, 5.74) is 8.39. The molecule has 138 valence electrons. The van der Waals surface area contributed by atoms with Crippen molar-refractivity contribution in [2.45, 2.75) is 13.8 Å². The molecule has 3 amide bonds. The molecule has 0 fully saturated rings. The summed E-state index contributed by atoms with van der Waals surface area (Å²) >= 11 is 0. The van der Waals surface area contributed by atoms with Gasteiger partial charge in [-0.05, 0) is 56.3 Å². The van der Waals surface area contributed by atoms with Gasteiger partial charge < -0.3 is 20.9 Å². The monoisotopic (exact) mass is 366 g/mol. The highest BCUT2D eigenvalue weighted by Gasteiger charge is 2.18.